The van der Waals surface area contributed by atoms with E-state index in [0.717, 1.165) is 24.0 Å². The van der Waals surface area contributed by atoms with Gasteiger partial charge in [-0.1, -0.05) is 18.2 Å². The summed E-state index contributed by atoms with van der Waals surface area (Å²) in [5.41, 5.74) is -0.110. The summed E-state index contributed by atoms with van der Waals surface area (Å²) < 4.78 is 0. The van der Waals surface area contributed by atoms with Crippen molar-refractivity contribution >= 4 is 22.6 Å². The van der Waals surface area contributed by atoms with E-state index in [1.54, 1.807) is 6.07 Å². The van der Waals surface area contributed by atoms with Crippen molar-refractivity contribution in [1.82, 2.24) is 4.98 Å². The maximum absolute atomic E-state index is 12.2. The summed E-state index contributed by atoms with van der Waals surface area (Å²) >= 11 is 0. The van der Waals surface area contributed by atoms with Crippen LogP contribution in [0.3, 0.4) is 0 Å². The molecule has 0 radical (unpaired) electrons. The molecule has 1 aromatic carbocycles. The van der Waals surface area contributed by atoms with Crippen LogP contribution in [-0.4, -0.2) is 28.1 Å². The number of hydrogen-bond donors (Lipinski definition) is 2. The van der Waals surface area contributed by atoms with E-state index >= 15 is 0 Å². The highest BCUT2D eigenvalue weighted by Gasteiger charge is 2.49. The number of aromatic amines is 1. The highest BCUT2D eigenvalue weighted by Crippen LogP contribution is 2.44. The Bertz CT molecular complexity index is 782. The van der Waals surface area contributed by atoms with Crippen molar-refractivity contribution in [3.8, 4) is 0 Å². The zero-order chi connectivity index (χ0) is 14.6. The van der Waals surface area contributed by atoms with Crippen molar-refractivity contribution < 1.29 is 9.90 Å². The minimum atomic E-state index is -0.727. The third kappa shape index (κ3) is 1.77. The number of fused-ring (bicyclic) bond motifs is 3. The van der Waals surface area contributed by atoms with Crippen LogP contribution in [0.25, 0.3) is 10.8 Å². The maximum atomic E-state index is 12.2. The molecule has 0 aliphatic carbocycles. The fraction of sp³-hybridized carbons (Fsp3) is 0.375. The van der Waals surface area contributed by atoms with E-state index < -0.39 is 5.97 Å². The van der Waals surface area contributed by atoms with E-state index in [1.807, 2.05) is 24.3 Å². The molecule has 3 heterocycles. The van der Waals surface area contributed by atoms with Gasteiger partial charge in [0.2, 0.25) is 0 Å². The Labute approximate surface area is 121 Å². The number of rotatable bonds is 2. The zero-order valence-electron chi connectivity index (χ0n) is 11.5. The van der Waals surface area contributed by atoms with Gasteiger partial charge in [-0.25, -0.2) is 0 Å². The number of carboxylic acids is 1. The lowest BCUT2D eigenvalue weighted by atomic mass is 9.89. The first-order valence-electron chi connectivity index (χ1n) is 7.28. The lowest BCUT2D eigenvalue weighted by molar-refractivity contribution is -0.142. The lowest BCUT2D eigenvalue weighted by Crippen LogP contribution is -2.34. The van der Waals surface area contributed by atoms with Gasteiger partial charge in [-0.2, -0.15) is 0 Å². The third-order valence-electron chi connectivity index (χ3n) is 4.87. The largest absolute Gasteiger partial charge is 0.481 e. The van der Waals surface area contributed by atoms with Gasteiger partial charge in [0.1, 0.15) is 5.82 Å². The SMILES string of the molecule is O=C(O)C1CC2CCC1N2c1cc2ccccc2c(=O)[nH]1. The van der Waals surface area contributed by atoms with E-state index in [9.17, 15) is 14.7 Å². The van der Waals surface area contributed by atoms with Gasteiger partial charge in [-0.15, -0.1) is 0 Å². The molecule has 0 amide bonds. The number of pyridine rings is 1. The molecule has 2 fully saturated rings. The van der Waals surface area contributed by atoms with Crippen molar-refractivity contribution in [3.63, 3.8) is 0 Å². The molecule has 5 heteroatoms. The molecule has 1 aromatic heterocycles. The van der Waals surface area contributed by atoms with Crippen LogP contribution >= 0.6 is 0 Å². The molecule has 2 aliphatic heterocycles. The molecule has 21 heavy (non-hydrogen) atoms. The first-order valence-corrected chi connectivity index (χ1v) is 7.28. The van der Waals surface area contributed by atoms with Crippen LogP contribution in [0.4, 0.5) is 5.82 Å². The van der Waals surface area contributed by atoms with Gasteiger partial charge in [0.15, 0.2) is 0 Å². The molecule has 2 N–H and O–H groups in total. The van der Waals surface area contributed by atoms with Gasteiger partial charge >= 0.3 is 5.97 Å². The quantitative estimate of drug-likeness (QED) is 0.884. The van der Waals surface area contributed by atoms with Gasteiger partial charge < -0.3 is 15.0 Å². The summed E-state index contributed by atoms with van der Waals surface area (Å²) in [6.45, 7) is 0. The number of nitrogens with zero attached hydrogens (tertiary/aromatic N) is 1. The number of nitrogens with one attached hydrogen (secondary N) is 1. The Morgan fingerprint density at radius 2 is 2.10 bits per heavy atom. The number of aliphatic carboxylic acids is 1. The van der Waals surface area contributed by atoms with E-state index in [4.69, 9.17) is 0 Å². The molecule has 3 atom stereocenters. The molecule has 108 valence electrons. The second-order valence-corrected chi connectivity index (χ2v) is 5.96. The van der Waals surface area contributed by atoms with Gasteiger partial charge in [0.05, 0.1) is 5.92 Å². The second kappa shape index (κ2) is 4.35. The van der Waals surface area contributed by atoms with Gasteiger partial charge in [0, 0.05) is 17.5 Å². The van der Waals surface area contributed by atoms with E-state index in [1.165, 1.54) is 0 Å². The van der Waals surface area contributed by atoms with Crippen molar-refractivity contribution in [3.05, 3.63) is 40.7 Å². The fourth-order valence-corrected chi connectivity index (χ4v) is 3.97. The average Bonchev–Trinajstić information content (AvgIpc) is 3.05. The predicted molar refractivity (Wildman–Crippen MR) is 79.6 cm³/mol. The van der Waals surface area contributed by atoms with Crippen LogP contribution in [0.5, 0.6) is 0 Å². The highest BCUT2D eigenvalue weighted by atomic mass is 16.4. The third-order valence-corrected chi connectivity index (χ3v) is 4.87. The molecule has 3 unspecified atom stereocenters. The van der Waals surface area contributed by atoms with Crippen LogP contribution in [0.2, 0.25) is 0 Å². The minimum absolute atomic E-state index is 0.00399. The molecular weight excluding hydrogens is 268 g/mol. The molecule has 2 saturated heterocycles. The molecule has 4 rings (SSSR count). The van der Waals surface area contributed by atoms with Crippen LogP contribution < -0.4 is 10.5 Å². The van der Waals surface area contributed by atoms with Gasteiger partial charge in [-0.3, -0.25) is 9.59 Å². The normalized spacial score (nSPS) is 27.4. The van der Waals surface area contributed by atoms with Crippen molar-refractivity contribution in [1.29, 1.82) is 0 Å². The number of aromatic nitrogens is 1. The van der Waals surface area contributed by atoms with Crippen LogP contribution in [0, 0.1) is 5.92 Å². The molecule has 2 aliphatic rings. The minimum Gasteiger partial charge on any atom is -0.481 e. The summed E-state index contributed by atoms with van der Waals surface area (Å²) in [5.74, 6) is -0.288. The van der Waals surface area contributed by atoms with Crippen LogP contribution in [-0.2, 0) is 4.79 Å². The number of carbonyl (C=O) groups is 1. The Morgan fingerprint density at radius 1 is 1.29 bits per heavy atom. The Morgan fingerprint density at radius 3 is 2.86 bits per heavy atom. The zero-order valence-corrected chi connectivity index (χ0v) is 11.5. The molecular formula is C16H16N2O3. The molecule has 0 spiro atoms. The van der Waals surface area contributed by atoms with E-state index in [0.29, 0.717) is 11.8 Å². The monoisotopic (exact) mass is 284 g/mol. The molecule has 2 bridgehead atoms. The smallest absolute Gasteiger partial charge is 0.308 e. The van der Waals surface area contributed by atoms with Crippen LogP contribution in [0.1, 0.15) is 19.3 Å². The summed E-state index contributed by atoms with van der Waals surface area (Å²) in [7, 11) is 0. The lowest BCUT2D eigenvalue weighted by Gasteiger charge is -2.25. The number of carboxylic acid groups (broad SMARTS) is 1. The van der Waals surface area contributed by atoms with Crippen molar-refractivity contribution in [2.45, 2.75) is 31.3 Å². The standard InChI is InChI=1S/C16H16N2O3/c19-15-11-4-2-1-3-9(11)7-14(17-15)18-10-5-6-13(18)12(8-10)16(20)21/h1-4,7,10,12-13H,5-6,8H2,(H,17,19)(H,20,21). The van der Waals surface area contributed by atoms with Crippen LogP contribution in [0.15, 0.2) is 35.1 Å². The van der Waals surface area contributed by atoms with Crippen molar-refractivity contribution in [2.75, 3.05) is 4.90 Å². The number of anilines is 1. The second-order valence-electron chi connectivity index (χ2n) is 5.96. The fourth-order valence-electron chi connectivity index (χ4n) is 3.97. The van der Waals surface area contributed by atoms with Gasteiger partial charge in [0.25, 0.3) is 5.56 Å². The first-order chi connectivity index (χ1) is 10.1. The highest BCUT2D eigenvalue weighted by molar-refractivity contribution is 5.84. The number of H-pyrrole nitrogens is 1. The van der Waals surface area contributed by atoms with Crippen molar-refractivity contribution in [2.24, 2.45) is 5.92 Å². The Hall–Kier alpha value is -2.30. The average molecular weight is 284 g/mol. The first kappa shape index (κ1) is 12.4. The van der Waals surface area contributed by atoms with E-state index in [-0.39, 0.29) is 23.6 Å². The number of hydrogen-bond acceptors (Lipinski definition) is 3. The number of benzene rings is 1. The summed E-state index contributed by atoms with van der Waals surface area (Å²) in [5, 5.41) is 10.9. The summed E-state index contributed by atoms with van der Waals surface area (Å²) in [4.78, 5) is 28.6. The topological polar surface area (TPSA) is 73.4 Å². The molecule has 2 aromatic rings. The molecule has 5 nitrogen and oxygen atoms in total. The summed E-state index contributed by atoms with van der Waals surface area (Å²) in [6.07, 6.45) is 2.56. The molecule has 0 saturated carbocycles. The Kier molecular flexibility index (Phi) is 2.58. The van der Waals surface area contributed by atoms with Gasteiger partial charge in [-0.05, 0) is 36.8 Å². The Balaban J connectivity index is 1.81. The summed E-state index contributed by atoms with van der Waals surface area (Å²) in [6, 6.07) is 9.67. The van der Waals surface area contributed by atoms with E-state index in [2.05, 4.69) is 9.88 Å². The predicted octanol–water partition coefficient (Wildman–Crippen LogP) is 1.97. The maximum Gasteiger partial charge on any atom is 0.308 e.